The number of rotatable bonds is 4. The highest BCUT2D eigenvalue weighted by atomic mass is 16.4. The molecule has 0 spiro atoms. The maximum absolute atomic E-state index is 5.89. The molecule has 3 nitrogen and oxygen atoms in total. The molecule has 0 radical (unpaired) electrons. The van der Waals surface area contributed by atoms with Gasteiger partial charge in [-0.05, 0) is 45.7 Å². The first-order valence-corrected chi connectivity index (χ1v) is 7.13. The van der Waals surface area contributed by atoms with Crippen LogP contribution < -0.4 is 5.32 Å². The minimum atomic E-state index is 0.127. The average Bonchev–Trinajstić information content (AvgIpc) is 2.75. The predicted octanol–water partition coefficient (Wildman–Crippen LogP) is 3.89. The minimum Gasteiger partial charge on any atom is -0.441 e. The number of hydrogen-bond acceptors (Lipinski definition) is 3. The van der Waals surface area contributed by atoms with Crippen molar-refractivity contribution in [1.29, 1.82) is 0 Å². The van der Waals surface area contributed by atoms with Crippen LogP contribution in [0.5, 0.6) is 0 Å². The molecule has 0 saturated heterocycles. The van der Waals surface area contributed by atoms with E-state index in [0.717, 1.165) is 30.2 Å². The summed E-state index contributed by atoms with van der Waals surface area (Å²) in [5.41, 5.74) is 3.73. The van der Waals surface area contributed by atoms with Crippen molar-refractivity contribution >= 4 is 0 Å². The largest absolute Gasteiger partial charge is 0.441 e. The Morgan fingerprint density at radius 3 is 2.40 bits per heavy atom. The molecule has 0 fully saturated rings. The van der Waals surface area contributed by atoms with Crippen molar-refractivity contribution in [3.05, 3.63) is 41.4 Å². The van der Waals surface area contributed by atoms with Gasteiger partial charge in [-0.15, -0.1) is 0 Å². The summed E-state index contributed by atoms with van der Waals surface area (Å²) in [6.07, 6.45) is 2.64. The standard InChI is InChI=1S/C17H24N2O/c1-12-7-6-8-13(2)16(12)14-11-18-15(20-14)9-10-19-17(3,4)5/h6-8,11,19H,9-10H2,1-5H3. The maximum atomic E-state index is 5.89. The lowest BCUT2D eigenvalue weighted by atomic mass is 10.0. The van der Waals surface area contributed by atoms with Gasteiger partial charge in [0.1, 0.15) is 0 Å². The van der Waals surface area contributed by atoms with Gasteiger partial charge in [0.2, 0.25) is 0 Å². The van der Waals surface area contributed by atoms with Crippen molar-refractivity contribution in [1.82, 2.24) is 10.3 Å². The molecule has 20 heavy (non-hydrogen) atoms. The van der Waals surface area contributed by atoms with Gasteiger partial charge >= 0.3 is 0 Å². The Balaban J connectivity index is 2.09. The molecule has 2 rings (SSSR count). The quantitative estimate of drug-likeness (QED) is 0.917. The van der Waals surface area contributed by atoms with E-state index >= 15 is 0 Å². The molecule has 0 aliphatic rings. The van der Waals surface area contributed by atoms with E-state index < -0.39 is 0 Å². The van der Waals surface area contributed by atoms with Gasteiger partial charge in [-0.25, -0.2) is 4.98 Å². The molecule has 1 N–H and O–H groups in total. The lowest BCUT2D eigenvalue weighted by molar-refractivity contribution is 0.411. The lowest BCUT2D eigenvalue weighted by Gasteiger charge is -2.19. The van der Waals surface area contributed by atoms with Crippen LogP contribution >= 0.6 is 0 Å². The number of nitrogens with one attached hydrogen (secondary N) is 1. The summed E-state index contributed by atoms with van der Waals surface area (Å²) in [6, 6.07) is 6.27. The number of nitrogens with zero attached hydrogens (tertiary/aromatic N) is 1. The highest BCUT2D eigenvalue weighted by Crippen LogP contribution is 2.27. The first-order valence-electron chi connectivity index (χ1n) is 7.13. The zero-order valence-electron chi connectivity index (χ0n) is 13.1. The van der Waals surface area contributed by atoms with Gasteiger partial charge in [0.15, 0.2) is 11.7 Å². The zero-order chi connectivity index (χ0) is 14.8. The molecule has 2 aromatic rings. The number of hydrogen-bond donors (Lipinski definition) is 1. The summed E-state index contributed by atoms with van der Waals surface area (Å²) < 4.78 is 5.89. The van der Waals surface area contributed by atoms with Gasteiger partial charge in [-0.2, -0.15) is 0 Å². The van der Waals surface area contributed by atoms with Crippen LogP contribution in [0.25, 0.3) is 11.3 Å². The molecule has 0 saturated carbocycles. The molecule has 0 aliphatic carbocycles. The Hall–Kier alpha value is -1.61. The number of oxazole rings is 1. The fourth-order valence-corrected chi connectivity index (χ4v) is 2.29. The van der Waals surface area contributed by atoms with Crippen LogP contribution in [0.1, 0.15) is 37.8 Å². The van der Waals surface area contributed by atoms with Crippen LogP contribution in [0.15, 0.2) is 28.8 Å². The molecule has 108 valence electrons. The minimum absolute atomic E-state index is 0.127. The van der Waals surface area contributed by atoms with E-state index in [1.807, 2.05) is 6.20 Å². The zero-order valence-corrected chi connectivity index (χ0v) is 13.1. The van der Waals surface area contributed by atoms with Crippen molar-refractivity contribution in [3.8, 4) is 11.3 Å². The van der Waals surface area contributed by atoms with Crippen LogP contribution in [-0.4, -0.2) is 17.1 Å². The summed E-state index contributed by atoms with van der Waals surface area (Å²) in [6.45, 7) is 11.5. The van der Waals surface area contributed by atoms with E-state index in [9.17, 15) is 0 Å². The van der Waals surface area contributed by atoms with Crippen molar-refractivity contribution in [2.45, 2.75) is 46.6 Å². The highest BCUT2D eigenvalue weighted by molar-refractivity contribution is 5.65. The summed E-state index contributed by atoms with van der Waals surface area (Å²) in [4.78, 5) is 4.39. The SMILES string of the molecule is Cc1cccc(C)c1-c1cnc(CCNC(C)(C)C)o1. The molecular weight excluding hydrogens is 248 g/mol. The molecule has 0 unspecified atom stereocenters. The van der Waals surface area contributed by atoms with Gasteiger partial charge < -0.3 is 9.73 Å². The van der Waals surface area contributed by atoms with E-state index in [1.54, 1.807) is 0 Å². The van der Waals surface area contributed by atoms with E-state index in [1.165, 1.54) is 11.1 Å². The monoisotopic (exact) mass is 272 g/mol. The molecule has 0 atom stereocenters. The second-order valence-corrected chi connectivity index (χ2v) is 6.31. The predicted molar refractivity (Wildman–Crippen MR) is 82.9 cm³/mol. The van der Waals surface area contributed by atoms with Crippen molar-refractivity contribution in [2.75, 3.05) is 6.54 Å². The first kappa shape index (κ1) is 14.8. The molecule has 1 aromatic carbocycles. The maximum Gasteiger partial charge on any atom is 0.196 e. The molecular formula is C17H24N2O. The van der Waals surface area contributed by atoms with E-state index in [4.69, 9.17) is 4.42 Å². The third-order valence-electron chi connectivity index (χ3n) is 3.28. The Morgan fingerprint density at radius 2 is 1.80 bits per heavy atom. The lowest BCUT2D eigenvalue weighted by Crippen LogP contribution is -2.37. The van der Waals surface area contributed by atoms with Gasteiger partial charge in [0.25, 0.3) is 0 Å². The van der Waals surface area contributed by atoms with Gasteiger partial charge in [0.05, 0.1) is 6.20 Å². The second-order valence-electron chi connectivity index (χ2n) is 6.31. The Bertz CT molecular complexity index is 559. The van der Waals surface area contributed by atoms with Crippen molar-refractivity contribution in [3.63, 3.8) is 0 Å². The third kappa shape index (κ3) is 3.70. The van der Waals surface area contributed by atoms with Crippen molar-refractivity contribution < 1.29 is 4.42 Å². The van der Waals surface area contributed by atoms with E-state index in [-0.39, 0.29) is 5.54 Å². The summed E-state index contributed by atoms with van der Waals surface area (Å²) >= 11 is 0. The Labute approximate surface area is 121 Å². The normalized spacial score (nSPS) is 11.8. The summed E-state index contributed by atoms with van der Waals surface area (Å²) in [7, 11) is 0. The molecule has 3 heteroatoms. The summed E-state index contributed by atoms with van der Waals surface area (Å²) in [5.74, 6) is 1.66. The number of benzene rings is 1. The van der Waals surface area contributed by atoms with Crippen LogP contribution in [0, 0.1) is 13.8 Å². The topological polar surface area (TPSA) is 38.1 Å². The molecule has 1 heterocycles. The fourth-order valence-electron chi connectivity index (χ4n) is 2.29. The number of aryl methyl sites for hydroxylation is 2. The van der Waals surface area contributed by atoms with Gasteiger partial charge in [-0.3, -0.25) is 0 Å². The summed E-state index contributed by atoms with van der Waals surface area (Å²) in [5, 5.41) is 3.44. The molecule has 0 amide bonds. The van der Waals surface area contributed by atoms with Crippen LogP contribution in [0.4, 0.5) is 0 Å². The van der Waals surface area contributed by atoms with E-state index in [2.05, 4.69) is 63.1 Å². The van der Waals surface area contributed by atoms with Crippen LogP contribution in [0.3, 0.4) is 0 Å². The van der Waals surface area contributed by atoms with Crippen LogP contribution in [-0.2, 0) is 6.42 Å². The first-order chi connectivity index (χ1) is 9.37. The van der Waals surface area contributed by atoms with Gasteiger partial charge in [-0.1, -0.05) is 18.2 Å². The van der Waals surface area contributed by atoms with Crippen molar-refractivity contribution in [2.24, 2.45) is 0 Å². The smallest absolute Gasteiger partial charge is 0.196 e. The fraction of sp³-hybridized carbons (Fsp3) is 0.471. The number of aromatic nitrogens is 1. The average molecular weight is 272 g/mol. The Kier molecular flexibility index (Phi) is 4.29. The molecule has 0 bridgehead atoms. The van der Waals surface area contributed by atoms with E-state index in [0.29, 0.717) is 0 Å². The van der Waals surface area contributed by atoms with Gasteiger partial charge in [0, 0.05) is 24.1 Å². The Morgan fingerprint density at radius 1 is 1.15 bits per heavy atom. The molecule has 0 aliphatic heterocycles. The highest BCUT2D eigenvalue weighted by Gasteiger charge is 2.12. The molecule has 1 aromatic heterocycles. The van der Waals surface area contributed by atoms with Crippen LogP contribution in [0.2, 0.25) is 0 Å². The third-order valence-corrected chi connectivity index (χ3v) is 3.28. The second kappa shape index (κ2) is 5.80.